The number of amides is 1. The van der Waals surface area contributed by atoms with E-state index in [1.807, 2.05) is 13.8 Å². The van der Waals surface area contributed by atoms with Crippen LogP contribution in [0.15, 0.2) is 23.1 Å². The molecule has 0 saturated carbocycles. The van der Waals surface area contributed by atoms with Crippen LogP contribution < -0.4 is 4.72 Å². The van der Waals surface area contributed by atoms with E-state index in [9.17, 15) is 13.2 Å². The molecule has 0 aliphatic carbocycles. The number of benzene rings is 1. The van der Waals surface area contributed by atoms with Crippen molar-refractivity contribution in [1.82, 2.24) is 4.72 Å². The zero-order chi connectivity index (χ0) is 17.0. The van der Waals surface area contributed by atoms with Gasteiger partial charge in [-0.3, -0.25) is 4.79 Å². The van der Waals surface area contributed by atoms with E-state index in [1.54, 1.807) is 12.1 Å². The predicted molar refractivity (Wildman–Crippen MR) is 85.6 cm³/mol. The topological polar surface area (TPSA) is 81.7 Å². The van der Waals surface area contributed by atoms with Crippen molar-refractivity contribution in [1.29, 1.82) is 0 Å². The van der Waals surface area contributed by atoms with Crippen LogP contribution in [0.4, 0.5) is 0 Å². The summed E-state index contributed by atoms with van der Waals surface area (Å²) in [7, 11) is -3.89. The normalized spacial score (nSPS) is 19.5. The zero-order valence-electron chi connectivity index (χ0n) is 13.7. The fraction of sp³-hybridized carbons (Fsp3) is 0.562. The highest BCUT2D eigenvalue weighted by molar-refractivity contribution is 7.90. The first-order valence-electron chi connectivity index (χ1n) is 7.67. The molecule has 1 aliphatic heterocycles. The number of carbonyl (C=O) groups excluding carboxylic acids is 1. The molecule has 23 heavy (non-hydrogen) atoms. The molecule has 0 unspecified atom stereocenters. The van der Waals surface area contributed by atoms with Crippen molar-refractivity contribution in [3.8, 4) is 0 Å². The predicted octanol–water partition coefficient (Wildman–Crippen LogP) is 1.69. The summed E-state index contributed by atoms with van der Waals surface area (Å²) >= 11 is 0. The van der Waals surface area contributed by atoms with Gasteiger partial charge in [-0.2, -0.15) is 0 Å². The van der Waals surface area contributed by atoms with Gasteiger partial charge in [0.25, 0.3) is 15.9 Å². The average molecular weight is 341 g/mol. The summed E-state index contributed by atoms with van der Waals surface area (Å²) in [6.45, 7) is 6.24. The van der Waals surface area contributed by atoms with Crippen LogP contribution in [0.5, 0.6) is 0 Å². The van der Waals surface area contributed by atoms with Crippen molar-refractivity contribution in [3.63, 3.8) is 0 Å². The van der Waals surface area contributed by atoms with Gasteiger partial charge in [0.1, 0.15) is 6.10 Å². The van der Waals surface area contributed by atoms with Crippen LogP contribution in [0.1, 0.15) is 30.9 Å². The summed E-state index contributed by atoms with van der Waals surface area (Å²) in [6, 6.07) is 4.74. The van der Waals surface area contributed by atoms with E-state index in [0.717, 1.165) is 24.0 Å². The van der Waals surface area contributed by atoms with E-state index in [1.165, 1.54) is 13.0 Å². The maximum absolute atomic E-state index is 12.3. The minimum Gasteiger partial charge on any atom is -0.376 e. The lowest BCUT2D eigenvalue weighted by atomic mass is 10.1. The first kappa shape index (κ1) is 17.9. The largest absolute Gasteiger partial charge is 0.376 e. The van der Waals surface area contributed by atoms with Gasteiger partial charge in [0.15, 0.2) is 0 Å². The van der Waals surface area contributed by atoms with Gasteiger partial charge in [0, 0.05) is 6.61 Å². The third-order valence-corrected chi connectivity index (χ3v) is 5.29. The second-order valence-corrected chi connectivity index (χ2v) is 7.51. The first-order chi connectivity index (χ1) is 10.8. The van der Waals surface area contributed by atoms with Crippen LogP contribution in [0.25, 0.3) is 0 Å². The van der Waals surface area contributed by atoms with Gasteiger partial charge < -0.3 is 9.47 Å². The van der Waals surface area contributed by atoms with Gasteiger partial charge in [-0.05, 0) is 56.9 Å². The molecule has 1 saturated heterocycles. The van der Waals surface area contributed by atoms with Crippen molar-refractivity contribution >= 4 is 15.9 Å². The van der Waals surface area contributed by atoms with Gasteiger partial charge in [-0.1, -0.05) is 6.07 Å². The SMILES string of the molecule is Cc1ccc(S(=O)(=O)NC(=O)[C@@H](C)OC[C@@H]2CCCO2)cc1C. The molecule has 0 bridgehead atoms. The summed E-state index contributed by atoms with van der Waals surface area (Å²) < 4.78 is 37.4. The summed E-state index contributed by atoms with van der Waals surface area (Å²) in [5.74, 6) is -0.679. The Morgan fingerprint density at radius 1 is 1.39 bits per heavy atom. The lowest BCUT2D eigenvalue weighted by Crippen LogP contribution is -2.39. The molecule has 1 aliphatic rings. The van der Waals surface area contributed by atoms with E-state index in [-0.39, 0.29) is 17.6 Å². The molecule has 2 atom stereocenters. The summed E-state index contributed by atoms with van der Waals surface area (Å²) in [6.07, 6.45) is 1.01. The molecule has 1 N–H and O–H groups in total. The summed E-state index contributed by atoms with van der Waals surface area (Å²) in [5, 5.41) is 0. The Balaban J connectivity index is 1.95. The third kappa shape index (κ3) is 4.76. The fourth-order valence-electron chi connectivity index (χ4n) is 2.26. The zero-order valence-corrected chi connectivity index (χ0v) is 14.5. The highest BCUT2D eigenvalue weighted by Gasteiger charge is 2.24. The van der Waals surface area contributed by atoms with Crippen LogP contribution in [0, 0.1) is 13.8 Å². The second-order valence-electron chi connectivity index (χ2n) is 5.83. The van der Waals surface area contributed by atoms with Gasteiger partial charge in [-0.25, -0.2) is 13.1 Å². The highest BCUT2D eigenvalue weighted by atomic mass is 32.2. The molecule has 0 aromatic heterocycles. The van der Waals surface area contributed by atoms with E-state index >= 15 is 0 Å². The average Bonchev–Trinajstić information content (AvgIpc) is 3.00. The lowest BCUT2D eigenvalue weighted by Gasteiger charge is -2.16. The minimum absolute atomic E-state index is 0.0124. The van der Waals surface area contributed by atoms with Crippen molar-refractivity contribution in [2.24, 2.45) is 0 Å². The van der Waals surface area contributed by atoms with Crippen LogP contribution in [-0.4, -0.2) is 39.7 Å². The second kappa shape index (κ2) is 7.42. The van der Waals surface area contributed by atoms with E-state index in [2.05, 4.69) is 4.72 Å². The summed E-state index contributed by atoms with van der Waals surface area (Å²) in [5.41, 5.74) is 1.84. The number of hydrogen-bond acceptors (Lipinski definition) is 5. The smallest absolute Gasteiger partial charge is 0.264 e. The van der Waals surface area contributed by atoms with E-state index in [0.29, 0.717) is 6.61 Å². The highest BCUT2D eigenvalue weighted by Crippen LogP contribution is 2.15. The van der Waals surface area contributed by atoms with Gasteiger partial charge in [-0.15, -0.1) is 0 Å². The lowest BCUT2D eigenvalue weighted by molar-refractivity contribution is -0.131. The number of nitrogens with one attached hydrogen (secondary N) is 1. The molecule has 1 aromatic carbocycles. The first-order valence-corrected chi connectivity index (χ1v) is 9.15. The number of carbonyl (C=O) groups is 1. The van der Waals surface area contributed by atoms with E-state index in [4.69, 9.17) is 9.47 Å². The number of ether oxygens (including phenoxy) is 2. The third-order valence-electron chi connectivity index (χ3n) is 3.95. The molecule has 0 spiro atoms. The Morgan fingerprint density at radius 3 is 2.74 bits per heavy atom. The van der Waals surface area contributed by atoms with Crippen LogP contribution in [-0.2, 0) is 24.3 Å². The van der Waals surface area contributed by atoms with Gasteiger partial charge >= 0.3 is 0 Å². The molecule has 128 valence electrons. The molecule has 7 heteroatoms. The Labute approximate surface area is 137 Å². The number of sulfonamides is 1. The molecular weight excluding hydrogens is 318 g/mol. The number of aryl methyl sites for hydroxylation is 2. The van der Waals surface area contributed by atoms with Crippen LogP contribution >= 0.6 is 0 Å². The maximum Gasteiger partial charge on any atom is 0.264 e. The minimum atomic E-state index is -3.89. The van der Waals surface area contributed by atoms with Crippen molar-refractivity contribution in [2.75, 3.05) is 13.2 Å². The molecule has 6 nitrogen and oxygen atoms in total. The van der Waals surface area contributed by atoms with Gasteiger partial charge in [0.2, 0.25) is 0 Å². The van der Waals surface area contributed by atoms with Crippen LogP contribution in [0.2, 0.25) is 0 Å². The standard InChI is InChI=1S/C16H23NO5S/c1-11-6-7-15(9-12(11)2)23(19,20)17-16(18)13(3)22-10-14-5-4-8-21-14/h6-7,9,13-14H,4-5,8,10H2,1-3H3,(H,17,18)/t13-,14+/m1/s1. The molecule has 1 aromatic rings. The van der Waals surface area contributed by atoms with E-state index < -0.39 is 22.0 Å². The molecular formula is C16H23NO5S. The Hall–Kier alpha value is -1.44. The molecule has 2 rings (SSSR count). The summed E-state index contributed by atoms with van der Waals surface area (Å²) in [4.78, 5) is 12.1. The van der Waals surface area contributed by atoms with Crippen molar-refractivity contribution < 1.29 is 22.7 Å². The Morgan fingerprint density at radius 2 is 2.13 bits per heavy atom. The molecule has 1 heterocycles. The number of hydrogen-bond donors (Lipinski definition) is 1. The molecule has 0 radical (unpaired) electrons. The quantitative estimate of drug-likeness (QED) is 0.851. The van der Waals surface area contributed by atoms with Gasteiger partial charge in [0.05, 0.1) is 17.6 Å². The molecule has 1 fully saturated rings. The molecule has 1 amide bonds. The Bertz CT molecular complexity index is 665. The monoisotopic (exact) mass is 341 g/mol. The number of rotatable bonds is 6. The fourth-order valence-corrected chi connectivity index (χ4v) is 3.39. The Kier molecular flexibility index (Phi) is 5.78. The van der Waals surface area contributed by atoms with Crippen LogP contribution in [0.3, 0.4) is 0 Å². The van der Waals surface area contributed by atoms with Crippen molar-refractivity contribution in [3.05, 3.63) is 29.3 Å². The maximum atomic E-state index is 12.3. The van der Waals surface area contributed by atoms with Crippen molar-refractivity contribution in [2.45, 2.75) is 50.7 Å².